The molecule has 5 rings (SSSR count). The molecule has 0 radical (unpaired) electrons. The van der Waals surface area contributed by atoms with Crippen molar-refractivity contribution in [3.05, 3.63) is 83.7 Å². The Morgan fingerprint density at radius 2 is 2.03 bits per heavy atom. The van der Waals surface area contributed by atoms with Gasteiger partial charge in [-0.2, -0.15) is 0 Å². The predicted octanol–water partition coefficient (Wildman–Crippen LogP) is 2.99. The van der Waals surface area contributed by atoms with Crippen LogP contribution in [-0.2, 0) is 10.5 Å². The standard InChI is InChI=1S/C22H17N5O4/c1-31-21(29)26-20-24-17-9-8-13(11-18(17)25-20)22(30)16-7-3-2-6-15(16)19(28)27(22)14-5-4-10-23-12-14/h2-12,30H,1H3,(H2,24,25,26,29). The van der Waals surface area contributed by atoms with Gasteiger partial charge in [0.1, 0.15) is 0 Å². The Kier molecular flexibility index (Phi) is 4.19. The fraction of sp³-hybridized carbons (Fsp3) is 0.0909. The van der Waals surface area contributed by atoms with Crippen LogP contribution in [-0.4, -0.2) is 39.2 Å². The average Bonchev–Trinajstić information content (AvgIpc) is 3.30. The maximum atomic E-state index is 13.3. The summed E-state index contributed by atoms with van der Waals surface area (Å²) in [7, 11) is 1.26. The van der Waals surface area contributed by atoms with Crippen LogP contribution in [0.15, 0.2) is 67.0 Å². The van der Waals surface area contributed by atoms with E-state index >= 15 is 0 Å². The summed E-state index contributed by atoms with van der Waals surface area (Å²) in [5, 5.41) is 14.5. The second-order valence-electron chi connectivity index (χ2n) is 7.00. The van der Waals surface area contributed by atoms with Gasteiger partial charge in [-0.1, -0.05) is 24.3 Å². The Labute approximate surface area is 176 Å². The molecule has 2 aromatic carbocycles. The topological polar surface area (TPSA) is 120 Å². The molecular formula is C22H17N5O4. The van der Waals surface area contributed by atoms with Crippen molar-refractivity contribution < 1.29 is 19.4 Å². The van der Waals surface area contributed by atoms with E-state index < -0.39 is 11.8 Å². The van der Waals surface area contributed by atoms with Gasteiger partial charge in [0.05, 0.1) is 30.0 Å². The fourth-order valence-electron chi connectivity index (χ4n) is 3.87. The number of H-pyrrole nitrogens is 1. The van der Waals surface area contributed by atoms with E-state index in [0.29, 0.717) is 33.4 Å². The molecule has 9 heteroatoms. The van der Waals surface area contributed by atoms with Gasteiger partial charge in [-0.05, 0) is 30.3 Å². The summed E-state index contributed by atoms with van der Waals surface area (Å²) in [4.78, 5) is 37.4. The number of anilines is 2. The summed E-state index contributed by atoms with van der Waals surface area (Å²) >= 11 is 0. The number of hydrogen-bond donors (Lipinski definition) is 3. The SMILES string of the molecule is COC(=O)Nc1nc2ccc(C3(O)c4ccccc4C(=O)N3c3cccnc3)cc2[nH]1. The quantitative estimate of drug-likeness (QED) is 0.473. The van der Waals surface area contributed by atoms with Gasteiger partial charge >= 0.3 is 6.09 Å². The van der Waals surface area contributed by atoms with Crippen molar-refractivity contribution in [1.82, 2.24) is 15.0 Å². The fourth-order valence-corrected chi connectivity index (χ4v) is 3.87. The second-order valence-corrected chi connectivity index (χ2v) is 7.00. The van der Waals surface area contributed by atoms with Crippen molar-refractivity contribution >= 4 is 34.7 Å². The Bertz CT molecular complexity index is 1320. The number of fused-ring (bicyclic) bond motifs is 2. The lowest BCUT2D eigenvalue weighted by Crippen LogP contribution is -2.45. The lowest BCUT2D eigenvalue weighted by molar-refractivity contribution is 0.0703. The van der Waals surface area contributed by atoms with Crippen LogP contribution in [0.1, 0.15) is 21.5 Å². The molecule has 154 valence electrons. The first-order valence-corrected chi connectivity index (χ1v) is 9.44. The molecule has 4 aromatic rings. The molecular weight excluding hydrogens is 398 g/mol. The molecule has 0 spiro atoms. The number of aromatic amines is 1. The summed E-state index contributed by atoms with van der Waals surface area (Å²) in [6.07, 6.45) is 2.47. The smallest absolute Gasteiger partial charge is 0.413 e. The van der Waals surface area contributed by atoms with Gasteiger partial charge < -0.3 is 14.8 Å². The van der Waals surface area contributed by atoms with Gasteiger partial charge in [0.15, 0.2) is 5.72 Å². The number of rotatable bonds is 3. The highest BCUT2D eigenvalue weighted by atomic mass is 16.5. The molecule has 1 aliphatic heterocycles. The molecule has 0 fully saturated rings. The third-order valence-electron chi connectivity index (χ3n) is 5.25. The highest BCUT2D eigenvalue weighted by Crippen LogP contribution is 2.45. The van der Waals surface area contributed by atoms with Gasteiger partial charge in [0, 0.05) is 22.9 Å². The Morgan fingerprint density at radius 1 is 1.19 bits per heavy atom. The number of imidazole rings is 1. The first-order chi connectivity index (χ1) is 15.0. The van der Waals surface area contributed by atoms with Crippen molar-refractivity contribution in [2.24, 2.45) is 0 Å². The number of aliphatic hydroxyl groups is 1. The van der Waals surface area contributed by atoms with Crippen LogP contribution in [0.4, 0.5) is 16.4 Å². The van der Waals surface area contributed by atoms with Crippen LogP contribution in [0.5, 0.6) is 0 Å². The summed E-state index contributed by atoms with van der Waals surface area (Å²) < 4.78 is 4.58. The van der Waals surface area contributed by atoms with E-state index in [-0.39, 0.29) is 11.9 Å². The highest BCUT2D eigenvalue weighted by molar-refractivity contribution is 6.12. The number of ether oxygens (including phenoxy) is 1. The van der Waals surface area contributed by atoms with Crippen LogP contribution >= 0.6 is 0 Å². The van der Waals surface area contributed by atoms with Gasteiger partial charge in [-0.25, -0.2) is 9.78 Å². The largest absolute Gasteiger partial charge is 0.453 e. The van der Waals surface area contributed by atoms with E-state index in [2.05, 4.69) is 25.0 Å². The van der Waals surface area contributed by atoms with E-state index in [4.69, 9.17) is 0 Å². The molecule has 0 aliphatic carbocycles. The number of carbonyl (C=O) groups excluding carboxylic acids is 2. The maximum absolute atomic E-state index is 13.3. The van der Waals surface area contributed by atoms with E-state index in [1.165, 1.54) is 18.2 Å². The van der Waals surface area contributed by atoms with Crippen molar-refractivity contribution in [3.63, 3.8) is 0 Å². The predicted molar refractivity (Wildman–Crippen MR) is 113 cm³/mol. The minimum atomic E-state index is -1.76. The number of benzene rings is 2. The molecule has 0 saturated heterocycles. The normalized spacial score (nSPS) is 17.6. The van der Waals surface area contributed by atoms with Gasteiger partial charge in [-0.15, -0.1) is 0 Å². The Balaban J connectivity index is 1.67. The van der Waals surface area contributed by atoms with E-state index in [1.54, 1.807) is 60.8 Å². The third kappa shape index (κ3) is 2.82. The van der Waals surface area contributed by atoms with E-state index in [1.807, 2.05) is 0 Å². The minimum Gasteiger partial charge on any atom is -0.453 e. The van der Waals surface area contributed by atoms with Crippen LogP contribution in [0.25, 0.3) is 11.0 Å². The number of hydrogen-bond acceptors (Lipinski definition) is 6. The number of carbonyl (C=O) groups is 2. The molecule has 1 aliphatic rings. The summed E-state index contributed by atoms with van der Waals surface area (Å²) in [5.41, 5.74) is 1.18. The van der Waals surface area contributed by atoms with E-state index in [0.717, 1.165) is 0 Å². The van der Waals surface area contributed by atoms with Crippen molar-refractivity contribution in [3.8, 4) is 0 Å². The average molecular weight is 415 g/mol. The summed E-state index contributed by atoms with van der Waals surface area (Å²) in [6.45, 7) is 0. The molecule has 3 N–H and O–H groups in total. The molecule has 3 heterocycles. The molecule has 0 bridgehead atoms. The van der Waals surface area contributed by atoms with Crippen molar-refractivity contribution in [1.29, 1.82) is 0 Å². The Morgan fingerprint density at radius 3 is 2.81 bits per heavy atom. The number of amides is 2. The lowest BCUT2D eigenvalue weighted by Gasteiger charge is -2.34. The van der Waals surface area contributed by atoms with Crippen molar-refractivity contribution in [2.45, 2.75) is 5.72 Å². The number of nitrogens with zero attached hydrogens (tertiary/aromatic N) is 3. The second kappa shape index (κ2) is 6.92. The zero-order chi connectivity index (χ0) is 21.6. The maximum Gasteiger partial charge on any atom is 0.413 e. The molecule has 1 unspecified atom stereocenters. The van der Waals surface area contributed by atoms with Gasteiger partial charge in [0.2, 0.25) is 5.95 Å². The first kappa shape index (κ1) is 18.8. The molecule has 0 saturated carbocycles. The minimum absolute atomic E-state index is 0.206. The van der Waals surface area contributed by atoms with Crippen LogP contribution in [0.2, 0.25) is 0 Å². The first-order valence-electron chi connectivity index (χ1n) is 9.44. The molecule has 31 heavy (non-hydrogen) atoms. The van der Waals surface area contributed by atoms with Crippen LogP contribution in [0.3, 0.4) is 0 Å². The monoisotopic (exact) mass is 415 g/mol. The molecule has 1 atom stereocenters. The Hall–Kier alpha value is -4.24. The zero-order valence-electron chi connectivity index (χ0n) is 16.4. The molecule has 9 nitrogen and oxygen atoms in total. The number of pyridine rings is 1. The number of aromatic nitrogens is 3. The van der Waals surface area contributed by atoms with Crippen molar-refractivity contribution in [2.75, 3.05) is 17.3 Å². The van der Waals surface area contributed by atoms with Crippen LogP contribution < -0.4 is 10.2 Å². The summed E-state index contributed by atoms with van der Waals surface area (Å²) in [6, 6.07) is 15.5. The van der Waals surface area contributed by atoms with Gasteiger partial charge in [-0.3, -0.25) is 20.0 Å². The van der Waals surface area contributed by atoms with Gasteiger partial charge in [0.25, 0.3) is 5.91 Å². The number of nitrogens with one attached hydrogen (secondary N) is 2. The zero-order valence-corrected chi connectivity index (χ0v) is 16.4. The highest BCUT2D eigenvalue weighted by Gasteiger charge is 2.50. The van der Waals surface area contributed by atoms with E-state index in [9.17, 15) is 14.7 Å². The molecule has 2 aromatic heterocycles. The van der Waals surface area contributed by atoms with Crippen LogP contribution in [0, 0.1) is 0 Å². The summed E-state index contributed by atoms with van der Waals surface area (Å²) in [5.74, 6) is -0.123. The molecule has 2 amide bonds. The third-order valence-corrected chi connectivity index (χ3v) is 5.25. The number of methoxy groups -OCH3 is 1. The lowest BCUT2D eigenvalue weighted by atomic mass is 9.93.